The average Bonchev–Trinajstić information content (AvgIpc) is 3.19. The molecule has 0 radical (unpaired) electrons. The Kier molecular flexibility index (Phi) is 8.08. The van der Waals surface area contributed by atoms with Crippen LogP contribution in [0.25, 0.3) is 0 Å². The highest BCUT2D eigenvalue weighted by Crippen LogP contribution is 2.27. The van der Waals surface area contributed by atoms with E-state index in [1.165, 1.54) is 0 Å². The van der Waals surface area contributed by atoms with E-state index >= 15 is 0 Å². The maximum absolute atomic E-state index is 12.4. The first-order chi connectivity index (χ1) is 15.5. The standard InChI is InChI=1S/C24H28N2O6/c1-3-13-31-21-11-7-19(8-12-21)26-15-17(14-23(26)28)24(29)32-16-22(27)25-18-5-9-20(10-6-18)30-4-2/h5-12,17H,3-4,13-16H2,1-2H3,(H,25,27)/t17-/m1/s1. The highest BCUT2D eigenvalue weighted by atomic mass is 16.5. The van der Waals surface area contributed by atoms with Gasteiger partial charge in [-0.05, 0) is 61.9 Å². The molecule has 0 bridgehead atoms. The highest BCUT2D eigenvalue weighted by Gasteiger charge is 2.36. The summed E-state index contributed by atoms with van der Waals surface area (Å²) in [5.41, 5.74) is 1.27. The molecule has 170 valence electrons. The van der Waals surface area contributed by atoms with E-state index in [1.54, 1.807) is 53.4 Å². The highest BCUT2D eigenvalue weighted by molar-refractivity contribution is 6.00. The first-order valence-corrected chi connectivity index (χ1v) is 10.7. The number of nitrogens with zero attached hydrogens (tertiary/aromatic N) is 1. The Bertz CT molecular complexity index is 927. The van der Waals surface area contributed by atoms with Crippen LogP contribution in [-0.4, -0.2) is 44.1 Å². The van der Waals surface area contributed by atoms with Crippen molar-refractivity contribution in [2.75, 3.05) is 36.6 Å². The van der Waals surface area contributed by atoms with Crippen molar-refractivity contribution in [3.8, 4) is 11.5 Å². The summed E-state index contributed by atoms with van der Waals surface area (Å²) in [6.45, 7) is 4.90. The van der Waals surface area contributed by atoms with Gasteiger partial charge in [-0.15, -0.1) is 0 Å². The minimum atomic E-state index is -0.614. The summed E-state index contributed by atoms with van der Waals surface area (Å²) in [4.78, 5) is 38.4. The molecule has 8 heteroatoms. The van der Waals surface area contributed by atoms with E-state index in [1.807, 2.05) is 13.8 Å². The second-order valence-corrected chi connectivity index (χ2v) is 7.36. The summed E-state index contributed by atoms with van der Waals surface area (Å²) in [7, 11) is 0. The van der Waals surface area contributed by atoms with Gasteiger partial charge in [0.1, 0.15) is 11.5 Å². The Morgan fingerprint density at radius 3 is 2.31 bits per heavy atom. The van der Waals surface area contributed by atoms with Gasteiger partial charge < -0.3 is 24.4 Å². The number of carbonyl (C=O) groups is 3. The minimum Gasteiger partial charge on any atom is -0.494 e. The summed E-state index contributed by atoms with van der Waals surface area (Å²) in [5, 5.41) is 2.66. The van der Waals surface area contributed by atoms with Crippen LogP contribution in [0.5, 0.6) is 11.5 Å². The Morgan fingerprint density at radius 1 is 1.00 bits per heavy atom. The first kappa shape index (κ1) is 23.1. The van der Waals surface area contributed by atoms with E-state index in [0.29, 0.717) is 30.3 Å². The third-order valence-corrected chi connectivity index (χ3v) is 4.87. The van der Waals surface area contributed by atoms with Crippen molar-refractivity contribution in [2.24, 2.45) is 5.92 Å². The average molecular weight is 440 g/mol. The molecule has 1 aliphatic heterocycles. The lowest BCUT2D eigenvalue weighted by Crippen LogP contribution is -2.28. The van der Waals surface area contributed by atoms with Crippen molar-refractivity contribution in [3.05, 3.63) is 48.5 Å². The molecule has 2 aromatic rings. The molecule has 2 amide bonds. The zero-order chi connectivity index (χ0) is 22.9. The van der Waals surface area contributed by atoms with Crippen LogP contribution >= 0.6 is 0 Å². The number of nitrogens with one attached hydrogen (secondary N) is 1. The van der Waals surface area contributed by atoms with E-state index in [-0.39, 0.29) is 18.9 Å². The summed E-state index contributed by atoms with van der Waals surface area (Å²) in [5.74, 6) is -0.353. The zero-order valence-corrected chi connectivity index (χ0v) is 18.3. The molecule has 0 saturated carbocycles. The number of ether oxygens (including phenoxy) is 3. The van der Waals surface area contributed by atoms with Crippen LogP contribution in [0.3, 0.4) is 0 Å². The van der Waals surface area contributed by atoms with Gasteiger partial charge in [0.15, 0.2) is 6.61 Å². The number of amides is 2. The molecular weight excluding hydrogens is 412 g/mol. The van der Waals surface area contributed by atoms with Crippen LogP contribution in [0, 0.1) is 5.92 Å². The largest absolute Gasteiger partial charge is 0.494 e. The Hall–Kier alpha value is -3.55. The van der Waals surface area contributed by atoms with Gasteiger partial charge in [0.2, 0.25) is 5.91 Å². The number of hydrogen-bond donors (Lipinski definition) is 1. The van der Waals surface area contributed by atoms with E-state index in [0.717, 1.165) is 12.2 Å². The summed E-state index contributed by atoms with van der Waals surface area (Å²) in [6.07, 6.45) is 0.960. The van der Waals surface area contributed by atoms with Gasteiger partial charge in [-0.25, -0.2) is 0 Å². The molecule has 1 aliphatic rings. The molecule has 1 heterocycles. The number of benzene rings is 2. The van der Waals surface area contributed by atoms with Crippen molar-refractivity contribution in [3.63, 3.8) is 0 Å². The first-order valence-electron chi connectivity index (χ1n) is 10.7. The van der Waals surface area contributed by atoms with E-state index in [4.69, 9.17) is 14.2 Å². The van der Waals surface area contributed by atoms with Gasteiger partial charge in [0.25, 0.3) is 5.91 Å². The van der Waals surface area contributed by atoms with Crippen LogP contribution in [0.15, 0.2) is 48.5 Å². The molecule has 0 spiro atoms. The van der Waals surface area contributed by atoms with Crippen molar-refractivity contribution in [1.82, 2.24) is 0 Å². The summed E-state index contributed by atoms with van der Waals surface area (Å²) >= 11 is 0. The Labute approximate surface area is 187 Å². The number of esters is 1. The minimum absolute atomic E-state index is 0.0490. The molecular formula is C24H28N2O6. The fourth-order valence-electron chi connectivity index (χ4n) is 3.31. The van der Waals surface area contributed by atoms with Gasteiger partial charge >= 0.3 is 5.97 Å². The summed E-state index contributed by atoms with van der Waals surface area (Å²) < 4.78 is 16.0. The molecule has 1 saturated heterocycles. The molecule has 0 aliphatic carbocycles. The molecule has 32 heavy (non-hydrogen) atoms. The van der Waals surface area contributed by atoms with Crippen molar-refractivity contribution >= 4 is 29.2 Å². The van der Waals surface area contributed by atoms with Crippen molar-refractivity contribution in [2.45, 2.75) is 26.7 Å². The monoisotopic (exact) mass is 440 g/mol. The second kappa shape index (κ2) is 11.2. The smallest absolute Gasteiger partial charge is 0.311 e. The number of rotatable bonds is 10. The van der Waals surface area contributed by atoms with E-state index in [2.05, 4.69) is 5.32 Å². The van der Waals surface area contributed by atoms with Crippen molar-refractivity contribution in [1.29, 1.82) is 0 Å². The molecule has 0 unspecified atom stereocenters. The number of anilines is 2. The topological polar surface area (TPSA) is 94.2 Å². The summed E-state index contributed by atoms with van der Waals surface area (Å²) in [6, 6.07) is 14.1. The maximum Gasteiger partial charge on any atom is 0.311 e. The van der Waals surface area contributed by atoms with Gasteiger partial charge in [0.05, 0.1) is 19.1 Å². The van der Waals surface area contributed by atoms with Crippen LogP contribution in [-0.2, 0) is 19.1 Å². The maximum atomic E-state index is 12.4. The second-order valence-electron chi connectivity index (χ2n) is 7.36. The predicted octanol–water partition coefficient (Wildman–Crippen LogP) is 3.41. The molecule has 2 aromatic carbocycles. The lowest BCUT2D eigenvalue weighted by molar-refractivity contribution is -0.151. The van der Waals surface area contributed by atoms with Gasteiger partial charge in [0, 0.05) is 24.3 Å². The SMILES string of the molecule is CCCOc1ccc(N2C[C@H](C(=O)OCC(=O)Nc3ccc(OCC)cc3)CC2=O)cc1. The van der Waals surface area contributed by atoms with Gasteiger partial charge in [-0.1, -0.05) is 6.92 Å². The van der Waals surface area contributed by atoms with Crippen LogP contribution in [0.1, 0.15) is 26.7 Å². The number of hydrogen-bond acceptors (Lipinski definition) is 6. The number of carbonyl (C=O) groups excluding carboxylic acids is 3. The molecule has 0 aromatic heterocycles. The molecule has 1 atom stereocenters. The van der Waals surface area contributed by atoms with Crippen LogP contribution < -0.4 is 19.7 Å². The molecule has 1 fully saturated rings. The quantitative estimate of drug-likeness (QED) is 0.569. The fourth-order valence-corrected chi connectivity index (χ4v) is 3.31. The van der Waals surface area contributed by atoms with Gasteiger partial charge in [-0.2, -0.15) is 0 Å². The Balaban J connectivity index is 1.47. The third-order valence-electron chi connectivity index (χ3n) is 4.87. The molecule has 3 rings (SSSR count). The lowest BCUT2D eigenvalue weighted by atomic mass is 10.1. The Morgan fingerprint density at radius 2 is 1.66 bits per heavy atom. The molecule has 1 N–H and O–H groups in total. The van der Waals surface area contributed by atoms with E-state index < -0.39 is 24.4 Å². The lowest BCUT2D eigenvalue weighted by Gasteiger charge is -2.17. The molecule has 8 nitrogen and oxygen atoms in total. The zero-order valence-electron chi connectivity index (χ0n) is 18.3. The van der Waals surface area contributed by atoms with Crippen LogP contribution in [0.2, 0.25) is 0 Å². The predicted molar refractivity (Wildman–Crippen MR) is 120 cm³/mol. The third kappa shape index (κ3) is 6.23. The van der Waals surface area contributed by atoms with Crippen LogP contribution in [0.4, 0.5) is 11.4 Å². The van der Waals surface area contributed by atoms with E-state index in [9.17, 15) is 14.4 Å². The van der Waals surface area contributed by atoms with Gasteiger partial charge in [-0.3, -0.25) is 14.4 Å². The normalized spacial score (nSPS) is 15.4. The van der Waals surface area contributed by atoms with Crippen molar-refractivity contribution < 1.29 is 28.6 Å². The fraction of sp³-hybridized carbons (Fsp3) is 0.375.